The van der Waals surface area contributed by atoms with E-state index in [9.17, 15) is 9.59 Å². The van der Waals surface area contributed by atoms with E-state index in [0.29, 0.717) is 38.3 Å². The third-order valence-electron chi connectivity index (χ3n) is 4.22. The van der Waals surface area contributed by atoms with Crippen LogP contribution in [-0.4, -0.2) is 37.7 Å². The Balaban J connectivity index is 0.00000312. The summed E-state index contributed by atoms with van der Waals surface area (Å²) in [4.78, 5) is 23.6. The van der Waals surface area contributed by atoms with Gasteiger partial charge in [0.15, 0.2) is 0 Å². The SMILES string of the molecule is CCOC(=O)CCc1ccc(NC(=O)C(N)C2CCOCC2)cc1.Cl. The van der Waals surface area contributed by atoms with Crippen molar-refractivity contribution in [3.8, 4) is 0 Å². The van der Waals surface area contributed by atoms with Crippen molar-refractivity contribution in [2.75, 3.05) is 25.1 Å². The van der Waals surface area contributed by atoms with Crippen molar-refractivity contribution >= 4 is 30.0 Å². The predicted octanol–water partition coefficient (Wildman–Crippen LogP) is 2.30. The molecular formula is C18H27ClN2O4. The summed E-state index contributed by atoms with van der Waals surface area (Å²) < 4.78 is 10.2. The van der Waals surface area contributed by atoms with Gasteiger partial charge in [-0.15, -0.1) is 12.4 Å². The van der Waals surface area contributed by atoms with Gasteiger partial charge in [-0.1, -0.05) is 12.1 Å². The summed E-state index contributed by atoms with van der Waals surface area (Å²) in [6.07, 6.45) is 2.62. The largest absolute Gasteiger partial charge is 0.466 e. The molecule has 1 aliphatic heterocycles. The van der Waals surface area contributed by atoms with Crippen molar-refractivity contribution in [2.24, 2.45) is 11.7 Å². The minimum atomic E-state index is -0.516. The van der Waals surface area contributed by atoms with Gasteiger partial charge in [0.1, 0.15) is 0 Å². The lowest BCUT2D eigenvalue weighted by Gasteiger charge is -2.26. The van der Waals surface area contributed by atoms with Gasteiger partial charge >= 0.3 is 5.97 Å². The Morgan fingerprint density at radius 3 is 2.52 bits per heavy atom. The molecule has 1 aromatic rings. The van der Waals surface area contributed by atoms with Crippen molar-refractivity contribution in [3.05, 3.63) is 29.8 Å². The summed E-state index contributed by atoms with van der Waals surface area (Å²) in [7, 11) is 0. The molecule has 1 aromatic carbocycles. The fourth-order valence-electron chi connectivity index (χ4n) is 2.75. The summed E-state index contributed by atoms with van der Waals surface area (Å²) in [5, 5.41) is 2.85. The lowest BCUT2D eigenvalue weighted by molar-refractivity contribution is -0.143. The highest BCUT2D eigenvalue weighted by Crippen LogP contribution is 2.19. The van der Waals surface area contributed by atoms with Gasteiger partial charge < -0.3 is 20.5 Å². The number of nitrogens with two attached hydrogens (primary N) is 1. The average Bonchev–Trinajstić information content (AvgIpc) is 2.61. The van der Waals surface area contributed by atoms with Crippen LogP contribution in [0.2, 0.25) is 0 Å². The van der Waals surface area contributed by atoms with E-state index >= 15 is 0 Å². The maximum atomic E-state index is 12.2. The molecule has 1 unspecified atom stereocenters. The molecule has 6 nitrogen and oxygen atoms in total. The molecule has 0 radical (unpaired) electrons. The third kappa shape index (κ3) is 7.02. The van der Waals surface area contributed by atoms with Crippen LogP contribution in [0.4, 0.5) is 5.69 Å². The zero-order valence-electron chi connectivity index (χ0n) is 14.5. The Bertz CT molecular complexity index is 545. The zero-order chi connectivity index (χ0) is 17.4. The van der Waals surface area contributed by atoms with Gasteiger partial charge in [-0.3, -0.25) is 9.59 Å². The molecule has 3 N–H and O–H groups in total. The molecular weight excluding hydrogens is 344 g/mol. The Morgan fingerprint density at radius 1 is 1.28 bits per heavy atom. The first-order valence-electron chi connectivity index (χ1n) is 8.49. The molecule has 1 saturated heterocycles. The monoisotopic (exact) mass is 370 g/mol. The van der Waals surface area contributed by atoms with Crippen LogP contribution >= 0.6 is 12.4 Å². The summed E-state index contributed by atoms with van der Waals surface area (Å²) in [6, 6.07) is 6.94. The normalized spacial score (nSPS) is 15.8. The second-order valence-electron chi connectivity index (χ2n) is 5.97. The molecule has 0 aliphatic carbocycles. The van der Waals surface area contributed by atoms with E-state index in [-0.39, 0.29) is 30.2 Å². The fraction of sp³-hybridized carbons (Fsp3) is 0.556. The summed E-state index contributed by atoms with van der Waals surface area (Å²) >= 11 is 0. The molecule has 140 valence electrons. The number of hydrogen-bond donors (Lipinski definition) is 2. The maximum absolute atomic E-state index is 12.2. The number of carbonyl (C=O) groups is 2. The van der Waals surface area contributed by atoms with Gasteiger partial charge in [-0.25, -0.2) is 0 Å². The van der Waals surface area contributed by atoms with Gasteiger partial charge in [0.05, 0.1) is 12.6 Å². The number of esters is 1. The number of carbonyl (C=O) groups excluding carboxylic acids is 2. The quantitative estimate of drug-likeness (QED) is 0.718. The van der Waals surface area contributed by atoms with Crippen molar-refractivity contribution < 1.29 is 19.1 Å². The molecule has 0 spiro atoms. The topological polar surface area (TPSA) is 90.7 Å². The van der Waals surface area contributed by atoms with Gasteiger partial charge in [-0.2, -0.15) is 0 Å². The molecule has 0 saturated carbocycles. The number of amides is 1. The number of benzene rings is 1. The van der Waals surface area contributed by atoms with Crippen LogP contribution in [0.1, 0.15) is 31.7 Å². The number of aryl methyl sites for hydroxylation is 1. The molecule has 1 amide bonds. The van der Waals surface area contributed by atoms with Crippen LogP contribution in [0.5, 0.6) is 0 Å². The summed E-state index contributed by atoms with van der Waals surface area (Å²) in [5.74, 6) is -0.193. The Labute approximate surface area is 154 Å². The lowest BCUT2D eigenvalue weighted by Crippen LogP contribution is -2.43. The molecule has 0 aromatic heterocycles. The first-order chi connectivity index (χ1) is 11.6. The molecule has 0 bridgehead atoms. The Hall–Kier alpha value is -1.63. The van der Waals surface area contributed by atoms with Crippen LogP contribution in [0.25, 0.3) is 0 Å². The number of halogens is 1. The number of anilines is 1. The minimum absolute atomic E-state index is 0. The van der Waals surface area contributed by atoms with E-state index in [0.717, 1.165) is 18.4 Å². The predicted molar refractivity (Wildman–Crippen MR) is 98.8 cm³/mol. The van der Waals surface area contributed by atoms with Crippen molar-refractivity contribution in [1.82, 2.24) is 0 Å². The van der Waals surface area contributed by atoms with E-state index in [1.807, 2.05) is 24.3 Å². The Kier molecular flexibility index (Phi) is 9.49. The van der Waals surface area contributed by atoms with Crippen molar-refractivity contribution in [3.63, 3.8) is 0 Å². The van der Waals surface area contributed by atoms with Crippen LogP contribution in [0.15, 0.2) is 24.3 Å². The first kappa shape index (κ1) is 21.4. The lowest BCUT2D eigenvalue weighted by atomic mass is 9.92. The number of hydrogen-bond acceptors (Lipinski definition) is 5. The Morgan fingerprint density at radius 2 is 1.92 bits per heavy atom. The minimum Gasteiger partial charge on any atom is -0.466 e. The van der Waals surface area contributed by atoms with Crippen molar-refractivity contribution in [1.29, 1.82) is 0 Å². The van der Waals surface area contributed by atoms with Gasteiger partial charge in [0, 0.05) is 25.3 Å². The molecule has 1 atom stereocenters. The molecule has 1 fully saturated rings. The van der Waals surface area contributed by atoms with Crippen LogP contribution < -0.4 is 11.1 Å². The van der Waals surface area contributed by atoms with E-state index in [1.54, 1.807) is 6.92 Å². The maximum Gasteiger partial charge on any atom is 0.306 e. The third-order valence-corrected chi connectivity index (χ3v) is 4.22. The van der Waals surface area contributed by atoms with Crippen LogP contribution in [0, 0.1) is 5.92 Å². The van der Waals surface area contributed by atoms with Gasteiger partial charge in [-0.05, 0) is 49.8 Å². The van der Waals surface area contributed by atoms with Gasteiger partial charge in [0.25, 0.3) is 0 Å². The molecule has 1 heterocycles. The number of nitrogens with one attached hydrogen (secondary N) is 1. The smallest absolute Gasteiger partial charge is 0.306 e. The van der Waals surface area contributed by atoms with E-state index in [1.165, 1.54) is 0 Å². The standard InChI is InChI=1S/C18H26N2O4.ClH/c1-2-24-16(21)8-5-13-3-6-15(7-4-13)20-18(22)17(19)14-9-11-23-12-10-14;/h3-4,6-7,14,17H,2,5,8-12,19H2,1H3,(H,20,22);1H. The van der Waals surface area contributed by atoms with E-state index in [2.05, 4.69) is 5.32 Å². The van der Waals surface area contributed by atoms with Crippen molar-refractivity contribution in [2.45, 2.75) is 38.6 Å². The summed E-state index contributed by atoms with van der Waals surface area (Å²) in [5.41, 5.74) is 7.79. The second kappa shape index (κ2) is 11.1. The van der Waals surface area contributed by atoms with Crippen LogP contribution in [0.3, 0.4) is 0 Å². The highest BCUT2D eigenvalue weighted by Gasteiger charge is 2.26. The number of rotatable bonds is 7. The van der Waals surface area contributed by atoms with Gasteiger partial charge in [0.2, 0.25) is 5.91 Å². The zero-order valence-corrected chi connectivity index (χ0v) is 15.3. The second-order valence-corrected chi connectivity index (χ2v) is 5.97. The molecule has 1 aliphatic rings. The molecule has 2 rings (SSSR count). The fourth-order valence-corrected chi connectivity index (χ4v) is 2.75. The van der Waals surface area contributed by atoms with E-state index in [4.69, 9.17) is 15.2 Å². The summed E-state index contributed by atoms with van der Waals surface area (Å²) in [6.45, 7) is 3.53. The van der Waals surface area contributed by atoms with E-state index < -0.39 is 6.04 Å². The highest BCUT2D eigenvalue weighted by molar-refractivity contribution is 5.94. The van der Waals surface area contributed by atoms with Crippen LogP contribution in [-0.2, 0) is 25.5 Å². The molecule has 25 heavy (non-hydrogen) atoms. The average molecular weight is 371 g/mol. The number of ether oxygens (including phenoxy) is 2. The molecule has 7 heteroatoms. The first-order valence-corrected chi connectivity index (χ1v) is 8.49. The highest BCUT2D eigenvalue weighted by atomic mass is 35.5.